The van der Waals surface area contributed by atoms with Gasteiger partial charge in [-0.3, -0.25) is 0 Å². The quantitative estimate of drug-likeness (QED) is 0.885. The van der Waals surface area contributed by atoms with Gasteiger partial charge in [0.05, 0.1) is 6.04 Å². The van der Waals surface area contributed by atoms with Crippen molar-refractivity contribution in [2.24, 2.45) is 0 Å². The first kappa shape index (κ1) is 15.1. The first-order chi connectivity index (χ1) is 9.45. The number of aryl methyl sites for hydroxylation is 2. The number of benzene rings is 1. The molecule has 4 heteroatoms. The Morgan fingerprint density at radius 1 is 1.25 bits per heavy atom. The zero-order valence-electron chi connectivity index (χ0n) is 12.2. The highest BCUT2D eigenvalue weighted by atomic mass is 35.5. The molecule has 0 saturated heterocycles. The Morgan fingerprint density at radius 2 is 1.95 bits per heavy atom. The van der Waals surface area contributed by atoms with Gasteiger partial charge >= 0.3 is 0 Å². The van der Waals surface area contributed by atoms with Crippen molar-refractivity contribution in [3.63, 3.8) is 0 Å². The summed E-state index contributed by atoms with van der Waals surface area (Å²) in [5.74, 6) is 1.43. The van der Waals surface area contributed by atoms with Crippen molar-refractivity contribution >= 4 is 11.6 Å². The van der Waals surface area contributed by atoms with Crippen molar-refractivity contribution in [3.8, 4) is 0 Å². The average Bonchev–Trinajstić information content (AvgIpc) is 2.64. The van der Waals surface area contributed by atoms with Gasteiger partial charge in [-0.05, 0) is 56.6 Å². The number of furan rings is 1. The van der Waals surface area contributed by atoms with Crippen LogP contribution in [0.4, 0.5) is 4.39 Å². The first-order valence-corrected chi connectivity index (χ1v) is 7.08. The van der Waals surface area contributed by atoms with E-state index < -0.39 is 0 Å². The summed E-state index contributed by atoms with van der Waals surface area (Å²) in [6.07, 6.45) is 0. The Balaban J connectivity index is 2.59. The molecule has 108 valence electrons. The van der Waals surface area contributed by atoms with Crippen molar-refractivity contribution in [3.05, 3.63) is 57.2 Å². The summed E-state index contributed by atoms with van der Waals surface area (Å²) in [4.78, 5) is 0. The lowest BCUT2D eigenvalue weighted by atomic mass is 9.95. The summed E-state index contributed by atoms with van der Waals surface area (Å²) in [7, 11) is 0. The molecule has 0 fully saturated rings. The molecular formula is C16H19ClFNO. The Morgan fingerprint density at radius 3 is 2.50 bits per heavy atom. The van der Waals surface area contributed by atoms with Gasteiger partial charge in [0.2, 0.25) is 0 Å². The maximum atomic E-state index is 13.6. The second-order valence-corrected chi connectivity index (χ2v) is 5.32. The topological polar surface area (TPSA) is 25.2 Å². The molecule has 1 aromatic carbocycles. The predicted octanol–water partition coefficient (Wildman–Crippen LogP) is 4.70. The van der Waals surface area contributed by atoms with Gasteiger partial charge in [-0.2, -0.15) is 0 Å². The fraction of sp³-hybridized carbons (Fsp3) is 0.375. The molecule has 0 aliphatic carbocycles. The first-order valence-electron chi connectivity index (χ1n) is 6.70. The van der Waals surface area contributed by atoms with Crippen LogP contribution >= 0.6 is 11.6 Å². The minimum absolute atomic E-state index is 0.166. The molecule has 1 N–H and O–H groups in total. The lowest BCUT2D eigenvalue weighted by Crippen LogP contribution is -2.23. The maximum absolute atomic E-state index is 13.6. The van der Waals surface area contributed by atoms with E-state index in [9.17, 15) is 4.39 Å². The van der Waals surface area contributed by atoms with Gasteiger partial charge in [-0.1, -0.05) is 18.5 Å². The highest BCUT2D eigenvalue weighted by Crippen LogP contribution is 2.34. The molecule has 1 atom stereocenters. The maximum Gasteiger partial charge on any atom is 0.123 e. The van der Waals surface area contributed by atoms with Crippen LogP contribution in [-0.2, 0) is 0 Å². The predicted molar refractivity (Wildman–Crippen MR) is 79.8 cm³/mol. The summed E-state index contributed by atoms with van der Waals surface area (Å²) in [5, 5.41) is 3.92. The number of halogens is 2. The standard InChI is InChI=1S/C16H19ClFNO/c1-5-19-16(13-8-12(18)6-7-14(13)17)15-9(2)10(3)20-11(15)4/h6-8,16,19H,5H2,1-4H3. The van der Waals surface area contributed by atoms with Gasteiger partial charge in [0, 0.05) is 10.6 Å². The molecule has 0 amide bonds. The third-order valence-electron chi connectivity index (χ3n) is 3.58. The zero-order chi connectivity index (χ0) is 14.9. The van der Waals surface area contributed by atoms with E-state index >= 15 is 0 Å². The van der Waals surface area contributed by atoms with E-state index in [1.165, 1.54) is 12.1 Å². The molecule has 0 bridgehead atoms. The second-order valence-electron chi connectivity index (χ2n) is 4.91. The van der Waals surface area contributed by atoms with Gasteiger partial charge in [0.15, 0.2) is 0 Å². The highest BCUT2D eigenvalue weighted by Gasteiger charge is 2.24. The van der Waals surface area contributed by atoms with Crippen molar-refractivity contribution in [1.82, 2.24) is 5.32 Å². The smallest absolute Gasteiger partial charge is 0.123 e. The molecule has 1 unspecified atom stereocenters. The molecule has 2 nitrogen and oxygen atoms in total. The van der Waals surface area contributed by atoms with Crippen molar-refractivity contribution < 1.29 is 8.81 Å². The SMILES string of the molecule is CCNC(c1cc(F)ccc1Cl)c1c(C)oc(C)c1C. The molecule has 0 aliphatic heterocycles. The molecule has 2 rings (SSSR count). The molecule has 0 aliphatic rings. The van der Waals surface area contributed by atoms with Crippen LogP contribution in [0.15, 0.2) is 22.6 Å². The largest absolute Gasteiger partial charge is 0.466 e. The molecule has 1 aromatic heterocycles. The Hall–Kier alpha value is -1.32. The van der Waals surface area contributed by atoms with Crippen molar-refractivity contribution in [1.29, 1.82) is 0 Å². The summed E-state index contributed by atoms with van der Waals surface area (Å²) >= 11 is 6.25. The lowest BCUT2D eigenvalue weighted by molar-refractivity contribution is 0.494. The number of nitrogens with one attached hydrogen (secondary N) is 1. The molecule has 0 radical (unpaired) electrons. The molecule has 0 saturated carbocycles. The number of hydrogen-bond donors (Lipinski definition) is 1. The monoisotopic (exact) mass is 295 g/mol. The summed E-state index contributed by atoms with van der Waals surface area (Å²) in [5.41, 5.74) is 2.85. The van der Waals surface area contributed by atoms with Crippen LogP contribution in [0.3, 0.4) is 0 Å². The van der Waals surface area contributed by atoms with E-state index in [0.717, 1.165) is 34.8 Å². The van der Waals surface area contributed by atoms with E-state index in [1.807, 2.05) is 27.7 Å². The van der Waals surface area contributed by atoms with Crippen LogP contribution in [-0.4, -0.2) is 6.54 Å². The van der Waals surface area contributed by atoms with E-state index in [-0.39, 0.29) is 11.9 Å². The van der Waals surface area contributed by atoms with Crippen LogP contribution in [0.2, 0.25) is 5.02 Å². The summed E-state index contributed by atoms with van der Waals surface area (Å²) in [6.45, 7) is 8.63. The molecule has 1 heterocycles. The van der Waals surface area contributed by atoms with Crippen LogP contribution in [0, 0.1) is 26.6 Å². The minimum Gasteiger partial charge on any atom is -0.466 e. The van der Waals surface area contributed by atoms with Crippen LogP contribution in [0.25, 0.3) is 0 Å². The summed E-state index contributed by atoms with van der Waals surface area (Å²) < 4.78 is 19.2. The van der Waals surface area contributed by atoms with E-state index in [0.29, 0.717) is 5.02 Å². The van der Waals surface area contributed by atoms with E-state index in [1.54, 1.807) is 6.07 Å². The van der Waals surface area contributed by atoms with Crippen LogP contribution in [0.1, 0.15) is 41.2 Å². The van der Waals surface area contributed by atoms with E-state index in [2.05, 4.69) is 5.32 Å². The fourth-order valence-electron chi connectivity index (χ4n) is 2.54. The molecule has 0 spiro atoms. The number of rotatable bonds is 4. The Kier molecular flexibility index (Phi) is 4.51. The van der Waals surface area contributed by atoms with Crippen LogP contribution in [0.5, 0.6) is 0 Å². The van der Waals surface area contributed by atoms with Crippen molar-refractivity contribution in [2.45, 2.75) is 33.7 Å². The number of hydrogen-bond acceptors (Lipinski definition) is 2. The van der Waals surface area contributed by atoms with Gasteiger partial charge in [-0.15, -0.1) is 0 Å². The van der Waals surface area contributed by atoms with Gasteiger partial charge in [-0.25, -0.2) is 4.39 Å². The molecule has 20 heavy (non-hydrogen) atoms. The van der Waals surface area contributed by atoms with E-state index in [4.69, 9.17) is 16.0 Å². The Labute approximate surface area is 123 Å². The highest BCUT2D eigenvalue weighted by molar-refractivity contribution is 6.31. The normalized spacial score (nSPS) is 12.7. The van der Waals surface area contributed by atoms with Gasteiger partial charge < -0.3 is 9.73 Å². The third-order valence-corrected chi connectivity index (χ3v) is 3.93. The van der Waals surface area contributed by atoms with Gasteiger partial charge in [0.1, 0.15) is 17.3 Å². The fourth-order valence-corrected chi connectivity index (χ4v) is 2.77. The van der Waals surface area contributed by atoms with Gasteiger partial charge in [0.25, 0.3) is 0 Å². The minimum atomic E-state index is -0.289. The summed E-state index contributed by atoms with van der Waals surface area (Å²) in [6, 6.07) is 4.28. The second kappa shape index (κ2) is 5.98. The molecule has 2 aromatic rings. The Bertz CT molecular complexity index is 621. The zero-order valence-corrected chi connectivity index (χ0v) is 12.9. The van der Waals surface area contributed by atoms with Crippen molar-refractivity contribution in [2.75, 3.05) is 6.54 Å². The lowest BCUT2D eigenvalue weighted by Gasteiger charge is -2.20. The average molecular weight is 296 g/mol. The third kappa shape index (κ3) is 2.74. The molecular weight excluding hydrogens is 277 g/mol. The van der Waals surface area contributed by atoms with Crippen LogP contribution < -0.4 is 5.32 Å².